The Hall–Kier alpha value is -2.30. The van der Waals surface area contributed by atoms with Crippen molar-refractivity contribution < 1.29 is 9.59 Å². The van der Waals surface area contributed by atoms with Gasteiger partial charge >= 0.3 is 0 Å². The van der Waals surface area contributed by atoms with E-state index in [1.165, 1.54) is 0 Å². The van der Waals surface area contributed by atoms with E-state index < -0.39 is 0 Å². The lowest BCUT2D eigenvalue weighted by Gasteiger charge is -2.36. The van der Waals surface area contributed by atoms with Gasteiger partial charge in [-0.15, -0.1) is 0 Å². The Morgan fingerprint density at radius 1 is 0.679 bits per heavy atom. The molecule has 2 aromatic carbocycles. The highest BCUT2D eigenvalue weighted by Gasteiger charge is 2.24. The summed E-state index contributed by atoms with van der Waals surface area (Å²) in [5.41, 5.74) is 1.59. The molecule has 4 heteroatoms. The molecule has 0 unspecified atom stereocenters. The van der Waals surface area contributed by atoms with Gasteiger partial charge in [0.25, 0.3) is 0 Å². The van der Waals surface area contributed by atoms with E-state index in [1.54, 1.807) is 0 Å². The SMILES string of the molecule is C[C@@H](CN1CCN(C[C@H](C)C(=O)c2ccccc2)CC1)C(=O)c1ccccc1. The average molecular weight is 379 g/mol. The van der Waals surface area contributed by atoms with Crippen LogP contribution in [-0.2, 0) is 0 Å². The van der Waals surface area contributed by atoms with Crippen LogP contribution in [0.3, 0.4) is 0 Å². The van der Waals surface area contributed by atoms with E-state index in [2.05, 4.69) is 9.80 Å². The summed E-state index contributed by atoms with van der Waals surface area (Å²) in [5.74, 6) is 0.412. The quantitative estimate of drug-likeness (QED) is 0.658. The maximum absolute atomic E-state index is 12.6. The lowest BCUT2D eigenvalue weighted by molar-refractivity contribution is 0.0761. The summed E-state index contributed by atoms with van der Waals surface area (Å²) in [4.78, 5) is 29.9. The van der Waals surface area contributed by atoms with Crippen LogP contribution in [0.25, 0.3) is 0 Å². The van der Waals surface area contributed by atoms with Crippen molar-refractivity contribution in [2.45, 2.75) is 13.8 Å². The van der Waals surface area contributed by atoms with Crippen molar-refractivity contribution >= 4 is 11.6 Å². The van der Waals surface area contributed by atoms with Gasteiger partial charge in [0, 0.05) is 62.2 Å². The fourth-order valence-corrected chi connectivity index (χ4v) is 3.87. The molecule has 4 nitrogen and oxygen atoms in total. The number of Topliss-reactive ketones (excluding diaryl/α,β-unsaturated/α-hetero) is 2. The van der Waals surface area contributed by atoms with Gasteiger partial charge in [-0.1, -0.05) is 74.5 Å². The Morgan fingerprint density at radius 3 is 1.32 bits per heavy atom. The molecule has 1 aliphatic rings. The molecule has 3 rings (SSSR count). The molecule has 2 aromatic rings. The fraction of sp³-hybridized carbons (Fsp3) is 0.417. The van der Waals surface area contributed by atoms with E-state index in [1.807, 2.05) is 74.5 Å². The normalized spacial score (nSPS) is 17.8. The van der Waals surface area contributed by atoms with Crippen LogP contribution >= 0.6 is 0 Å². The number of nitrogens with zero attached hydrogens (tertiary/aromatic N) is 2. The predicted molar refractivity (Wildman–Crippen MR) is 113 cm³/mol. The number of hydrogen-bond acceptors (Lipinski definition) is 4. The zero-order chi connectivity index (χ0) is 19.9. The number of carbonyl (C=O) groups excluding carboxylic acids is 2. The molecule has 148 valence electrons. The summed E-state index contributed by atoms with van der Waals surface area (Å²) in [5, 5.41) is 0. The van der Waals surface area contributed by atoms with Crippen molar-refractivity contribution in [1.29, 1.82) is 0 Å². The number of carbonyl (C=O) groups is 2. The maximum Gasteiger partial charge on any atom is 0.166 e. The number of hydrogen-bond donors (Lipinski definition) is 0. The van der Waals surface area contributed by atoms with Gasteiger partial charge in [-0.3, -0.25) is 9.59 Å². The predicted octanol–water partition coefficient (Wildman–Crippen LogP) is 3.64. The molecule has 0 bridgehead atoms. The molecule has 0 amide bonds. The van der Waals surface area contributed by atoms with E-state index in [0.29, 0.717) is 0 Å². The number of ketones is 2. The molecule has 2 atom stereocenters. The third-order valence-corrected chi connectivity index (χ3v) is 5.54. The first-order valence-corrected chi connectivity index (χ1v) is 10.2. The number of benzene rings is 2. The van der Waals surface area contributed by atoms with Gasteiger partial charge in [0.05, 0.1) is 0 Å². The van der Waals surface area contributed by atoms with E-state index in [-0.39, 0.29) is 23.4 Å². The fourth-order valence-electron chi connectivity index (χ4n) is 3.87. The van der Waals surface area contributed by atoms with Crippen LogP contribution in [0.5, 0.6) is 0 Å². The van der Waals surface area contributed by atoms with Gasteiger partial charge in [-0.2, -0.15) is 0 Å². The third kappa shape index (κ3) is 5.37. The van der Waals surface area contributed by atoms with Gasteiger partial charge in [-0.05, 0) is 0 Å². The third-order valence-electron chi connectivity index (χ3n) is 5.54. The first-order valence-electron chi connectivity index (χ1n) is 10.2. The smallest absolute Gasteiger partial charge is 0.166 e. The Bertz CT molecular complexity index is 700. The van der Waals surface area contributed by atoms with Crippen molar-refractivity contribution in [3.63, 3.8) is 0 Å². The van der Waals surface area contributed by atoms with Crippen LogP contribution in [0.15, 0.2) is 60.7 Å². The minimum atomic E-state index is -0.00691. The van der Waals surface area contributed by atoms with Crippen LogP contribution in [0, 0.1) is 11.8 Å². The second kappa shape index (κ2) is 9.76. The zero-order valence-corrected chi connectivity index (χ0v) is 16.9. The number of piperazine rings is 1. The van der Waals surface area contributed by atoms with E-state index in [4.69, 9.17) is 0 Å². The van der Waals surface area contributed by atoms with Crippen LogP contribution in [0.1, 0.15) is 34.6 Å². The largest absolute Gasteiger partial charge is 0.300 e. The number of rotatable bonds is 8. The molecule has 0 aliphatic carbocycles. The molecule has 28 heavy (non-hydrogen) atoms. The minimum absolute atomic E-state index is 0.00691. The standard InChI is InChI=1S/C24H30N2O2/c1-19(23(27)21-9-5-3-6-10-21)17-25-13-15-26(16-14-25)18-20(2)24(28)22-11-7-4-8-12-22/h3-12,19-20H,13-18H2,1-2H3/t19-,20-/m0/s1. The Kier molecular flexibility index (Phi) is 7.12. The molecular weight excluding hydrogens is 348 g/mol. The highest BCUT2D eigenvalue weighted by molar-refractivity contribution is 5.98. The highest BCUT2D eigenvalue weighted by atomic mass is 16.1. The zero-order valence-electron chi connectivity index (χ0n) is 16.9. The second-order valence-corrected chi connectivity index (χ2v) is 7.86. The summed E-state index contributed by atoms with van der Waals surface area (Å²) in [6, 6.07) is 19.1. The van der Waals surface area contributed by atoms with E-state index in [9.17, 15) is 9.59 Å². The lowest BCUT2D eigenvalue weighted by atomic mass is 9.98. The molecule has 0 aromatic heterocycles. The van der Waals surface area contributed by atoms with Gasteiger partial charge in [-0.25, -0.2) is 0 Å². The monoisotopic (exact) mass is 378 g/mol. The van der Waals surface area contributed by atoms with Crippen molar-refractivity contribution in [1.82, 2.24) is 9.80 Å². The van der Waals surface area contributed by atoms with Crippen molar-refractivity contribution in [2.24, 2.45) is 11.8 Å². The topological polar surface area (TPSA) is 40.6 Å². The average Bonchev–Trinajstić information content (AvgIpc) is 2.75. The molecule has 1 heterocycles. The van der Waals surface area contributed by atoms with E-state index >= 15 is 0 Å². The molecule has 1 fully saturated rings. The van der Waals surface area contributed by atoms with Crippen LogP contribution in [0.2, 0.25) is 0 Å². The second-order valence-electron chi connectivity index (χ2n) is 7.86. The Morgan fingerprint density at radius 2 is 1.00 bits per heavy atom. The summed E-state index contributed by atoms with van der Waals surface area (Å²) < 4.78 is 0. The van der Waals surface area contributed by atoms with Crippen LogP contribution in [0.4, 0.5) is 0 Å². The summed E-state index contributed by atoms with van der Waals surface area (Å²) in [6.45, 7) is 9.39. The first-order chi connectivity index (χ1) is 13.5. The molecule has 0 saturated carbocycles. The maximum atomic E-state index is 12.6. The first kappa shape index (κ1) is 20.4. The highest BCUT2D eigenvalue weighted by Crippen LogP contribution is 2.14. The van der Waals surface area contributed by atoms with Crippen molar-refractivity contribution in [2.75, 3.05) is 39.3 Å². The van der Waals surface area contributed by atoms with Crippen molar-refractivity contribution in [3.05, 3.63) is 71.8 Å². The van der Waals surface area contributed by atoms with E-state index in [0.717, 1.165) is 50.4 Å². The minimum Gasteiger partial charge on any atom is -0.300 e. The lowest BCUT2D eigenvalue weighted by Crippen LogP contribution is -2.49. The summed E-state index contributed by atoms with van der Waals surface area (Å²) >= 11 is 0. The molecule has 1 saturated heterocycles. The van der Waals surface area contributed by atoms with Gasteiger partial charge in [0.2, 0.25) is 0 Å². The Balaban J connectivity index is 1.44. The summed E-state index contributed by atoms with van der Waals surface area (Å²) in [6.07, 6.45) is 0. The summed E-state index contributed by atoms with van der Waals surface area (Å²) in [7, 11) is 0. The molecule has 1 aliphatic heterocycles. The Labute approximate surface area is 168 Å². The molecule has 0 N–H and O–H groups in total. The molecule has 0 spiro atoms. The van der Waals surface area contributed by atoms with Gasteiger partial charge < -0.3 is 9.80 Å². The van der Waals surface area contributed by atoms with Crippen molar-refractivity contribution in [3.8, 4) is 0 Å². The van der Waals surface area contributed by atoms with Crippen LogP contribution in [-0.4, -0.2) is 60.6 Å². The van der Waals surface area contributed by atoms with Gasteiger partial charge in [0.15, 0.2) is 11.6 Å². The molecule has 0 radical (unpaired) electrons. The van der Waals surface area contributed by atoms with Crippen LogP contribution < -0.4 is 0 Å². The molecular formula is C24H30N2O2. The van der Waals surface area contributed by atoms with Gasteiger partial charge in [0.1, 0.15) is 0 Å².